The average Bonchev–Trinajstić information content (AvgIpc) is 2.93. The highest BCUT2D eigenvalue weighted by molar-refractivity contribution is 7.80. The predicted octanol–water partition coefficient (Wildman–Crippen LogP) is 3.08. The zero-order valence-electron chi connectivity index (χ0n) is 13.9. The molecule has 0 saturated carbocycles. The molecular formula is C18H18N4O2S. The maximum Gasteiger partial charge on any atom is 0.411 e. The van der Waals surface area contributed by atoms with Crippen molar-refractivity contribution in [1.29, 1.82) is 0 Å². The van der Waals surface area contributed by atoms with Crippen LogP contribution in [0, 0.1) is 0 Å². The summed E-state index contributed by atoms with van der Waals surface area (Å²) >= 11 is 5.10. The lowest BCUT2D eigenvalue weighted by molar-refractivity contribution is 0.168. The van der Waals surface area contributed by atoms with Gasteiger partial charge in [0.2, 0.25) is 0 Å². The van der Waals surface area contributed by atoms with Crippen LogP contribution in [0.15, 0.2) is 47.6 Å². The maximum absolute atomic E-state index is 11.7. The number of carbonyl (C=O) groups is 1. The van der Waals surface area contributed by atoms with Gasteiger partial charge in [0.25, 0.3) is 0 Å². The van der Waals surface area contributed by atoms with Crippen molar-refractivity contribution in [3.63, 3.8) is 0 Å². The van der Waals surface area contributed by atoms with E-state index in [0.717, 1.165) is 28.0 Å². The summed E-state index contributed by atoms with van der Waals surface area (Å²) in [5.41, 5.74) is 8.33. The molecule has 0 unspecified atom stereocenters. The third kappa shape index (κ3) is 3.46. The number of amides is 1. The van der Waals surface area contributed by atoms with Crippen LogP contribution in [0.4, 0.5) is 10.5 Å². The largest absolute Gasteiger partial charge is 0.450 e. The van der Waals surface area contributed by atoms with Gasteiger partial charge in [0.05, 0.1) is 12.3 Å². The number of hydrogen-bond donors (Lipinski definition) is 3. The van der Waals surface area contributed by atoms with Crippen molar-refractivity contribution >= 4 is 34.8 Å². The quantitative estimate of drug-likeness (QED) is 0.498. The summed E-state index contributed by atoms with van der Waals surface area (Å²) < 4.78 is 4.93. The van der Waals surface area contributed by atoms with Gasteiger partial charge in [0, 0.05) is 23.9 Å². The number of anilines is 1. The van der Waals surface area contributed by atoms with Crippen LogP contribution in [0.1, 0.15) is 18.1 Å². The van der Waals surface area contributed by atoms with E-state index in [1.165, 1.54) is 0 Å². The number of carbonyl (C=O) groups excluding carboxylic acids is 1. The van der Waals surface area contributed by atoms with Gasteiger partial charge >= 0.3 is 6.09 Å². The van der Waals surface area contributed by atoms with Gasteiger partial charge in [0.1, 0.15) is 0 Å². The molecule has 0 aromatic heterocycles. The molecule has 0 aliphatic heterocycles. The summed E-state index contributed by atoms with van der Waals surface area (Å²) in [6, 6.07) is 13.7. The molecule has 0 radical (unpaired) electrons. The first-order chi connectivity index (χ1) is 12.1. The molecule has 2 aromatic carbocycles. The molecule has 0 atom stereocenters. The van der Waals surface area contributed by atoms with Crippen molar-refractivity contribution in [2.45, 2.75) is 6.92 Å². The fourth-order valence-corrected chi connectivity index (χ4v) is 2.74. The Labute approximate surface area is 151 Å². The predicted molar refractivity (Wildman–Crippen MR) is 103 cm³/mol. The zero-order chi connectivity index (χ0) is 17.8. The number of nitrogens with one attached hydrogen (secondary N) is 3. The summed E-state index contributed by atoms with van der Waals surface area (Å²) in [6.45, 7) is 2.08. The fourth-order valence-electron chi connectivity index (χ4n) is 2.69. The second-order valence-electron chi connectivity index (χ2n) is 5.30. The first kappa shape index (κ1) is 16.9. The fraction of sp³-hybridized carbons (Fsp3) is 0.167. The van der Waals surface area contributed by atoms with E-state index in [1.54, 1.807) is 14.0 Å². The molecule has 0 saturated heterocycles. The van der Waals surface area contributed by atoms with E-state index in [-0.39, 0.29) is 0 Å². The number of nitrogens with zero attached hydrogens (tertiary/aromatic N) is 1. The molecule has 7 heteroatoms. The molecule has 25 heavy (non-hydrogen) atoms. The summed E-state index contributed by atoms with van der Waals surface area (Å²) in [5.74, 6) is 0. The van der Waals surface area contributed by atoms with Crippen molar-refractivity contribution in [2.24, 2.45) is 5.10 Å². The molecule has 1 aliphatic rings. The van der Waals surface area contributed by atoms with Crippen LogP contribution < -0.4 is 16.1 Å². The van der Waals surface area contributed by atoms with E-state index in [1.807, 2.05) is 42.5 Å². The van der Waals surface area contributed by atoms with E-state index in [9.17, 15) is 4.79 Å². The minimum absolute atomic E-state index is 0.320. The Bertz CT molecular complexity index is 864. The molecule has 3 rings (SSSR count). The van der Waals surface area contributed by atoms with Crippen molar-refractivity contribution in [1.82, 2.24) is 10.7 Å². The van der Waals surface area contributed by atoms with Crippen LogP contribution >= 0.6 is 12.2 Å². The summed E-state index contributed by atoms with van der Waals surface area (Å²) in [7, 11) is 1.73. The first-order valence-corrected chi connectivity index (χ1v) is 8.28. The maximum atomic E-state index is 11.7. The normalized spacial score (nSPS) is 13.0. The third-order valence-corrected chi connectivity index (χ3v) is 4.06. The third-order valence-electron chi connectivity index (χ3n) is 3.77. The molecular weight excluding hydrogens is 336 g/mol. The second-order valence-corrected chi connectivity index (χ2v) is 5.71. The number of ether oxygens (including phenoxy) is 1. The van der Waals surface area contributed by atoms with E-state index >= 15 is 0 Å². The van der Waals surface area contributed by atoms with Crippen molar-refractivity contribution in [3.8, 4) is 11.1 Å². The number of hydrazone groups is 1. The monoisotopic (exact) mass is 354 g/mol. The lowest BCUT2D eigenvalue weighted by Gasteiger charge is -2.08. The van der Waals surface area contributed by atoms with E-state index in [2.05, 4.69) is 21.2 Å². The Balaban J connectivity index is 2.00. The van der Waals surface area contributed by atoms with Crippen LogP contribution in [0.25, 0.3) is 11.1 Å². The Morgan fingerprint density at radius 1 is 1.12 bits per heavy atom. The van der Waals surface area contributed by atoms with Crippen LogP contribution in [0.5, 0.6) is 0 Å². The van der Waals surface area contributed by atoms with Crippen LogP contribution in [-0.2, 0) is 4.74 Å². The Hall–Kier alpha value is -2.93. The molecule has 0 bridgehead atoms. The molecule has 128 valence electrons. The van der Waals surface area contributed by atoms with Crippen LogP contribution in [-0.4, -0.2) is 30.6 Å². The van der Waals surface area contributed by atoms with E-state index in [4.69, 9.17) is 17.0 Å². The van der Waals surface area contributed by atoms with Gasteiger partial charge in [-0.3, -0.25) is 10.7 Å². The van der Waals surface area contributed by atoms with Gasteiger partial charge in [-0.15, -0.1) is 0 Å². The number of thiocarbonyl (C=S) groups is 1. The average molecular weight is 354 g/mol. The molecule has 3 N–H and O–H groups in total. The van der Waals surface area contributed by atoms with Crippen molar-refractivity contribution in [2.75, 3.05) is 19.0 Å². The minimum Gasteiger partial charge on any atom is -0.450 e. The lowest BCUT2D eigenvalue weighted by Crippen LogP contribution is -2.29. The van der Waals surface area contributed by atoms with Gasteiger partial charge in [-0.2, -0.15) is 5.10 Å². The minimum atomic E-state index is -0.481. The van der Waals surface area contributed by atoms with Crippen LogP contribution in [0.3, 0.4) is 0 Å². The van der Waals surface area contributed by atoms with Gasteiger partial charge in [-0.05, 0) is 42.4 Å². The molecule has 0 heterocycles. The molecule has 0 fully saturated rings. The number of fused-ring (bicyclic) bond motifs is 3. The first-order valence-electron chi connectivity index (χ1n) is 7.87. The van der Waals surface area contributed by atoms with E-state index in [0.29, 0.717) is 17.4 Å². The van der Waals surface area contributed by atoms with Crippen molar-refractivity contribution < 1.29 is 9.53 Å². The Kier molecular flexibility index (Phi) is 4.95. The summed E-state index contributed by atoms with van der Waals surface area (Å²) in [6.07, 6.45) is -0.481. The second kappa shape index (κ2) is 7.31. The highest BCUT2D eigenvalue weighted by Gasteiger charge is 2.25. The number of rotatable bonds is 3. The van der Waals surface area contributed by atoms with Gasteiger partial charge in [0.15, 0.2) is 5.11 Å². The number of hydrogen-bond acceptors (Lipinski definition) is 4. The van der Waals surface area contributed by atoms with Gasteiger partial charge in [-0.1, -0.05) is 30.3 Å². The van der Waals surface area contributed by atoms with Crippen molar-refractivity contribution in [3.05, 3.63) is 53.6 Å². The topological polar surface area (TPSA) is 74.8 Å². The smallest absolute Gasteiger partial charge is 0.411 e. The molecule has 0 spiro atoms. The molecule has 1 amide bonds. The number of benzene rings is 2. The van der Waals surface area contributed by atoms with Crippen LogP contribution in [0.2, 0.25) is 0 Å². The zero-order valence-corrected chi connectivity index (χ0v) is 14.7. The highest BCUT2D eigenvalue weighted by atomic mass is 32.1. The summed E-state index contributed by atoms with van der Waals surface area (Å²) in [5, 5.41) is 10.4. The lowest BCUT2D eigenvalue weighted by atomic mass is 10.1. The van der Waals surface area contributed by atoms with E-state index < -0.39 is 6.09 Å². The van der Waals surface area contributed by atoms with Gasteiger partial charge in [-0.25, -0.2) is 4.79 Å². The highest BCUT2D eigenvalue weighted by Crippen LogP contribution is 2.38. The molecule has 6 nitrogen and oxygen atoms in total. The molecule has 1 aliphatic carbocycles. The Morgan fingerprint density at radius 2 is 1.84 bits per heavy atom. The van der Waals surface area contributed by atoms with Gasteiger partial charge < -0.3 is 10.1 Å². The SMILES string of the molecule is CCOC(=O)Nc1ccc2c(c1)C(=NNC(=S)NC)c1ccccc1-2. The molecule has 2 aromatic rings. The Morgan fingerprint density at radius 3 is 2.56 bits per heavy atom. The standard InChI is InChI=1S/C18H18N4O2S/c1-3-24-18(23)20-11-8-9-13-12-6-4-5-7-14(12)16(15(13)10-11)21-22-17(25)19-2/h4-10H,3H2,1-2H3,(H,20,23)(H2,19,22,25). The summed E-state index contributed by atoms with van der Waals surface area (Å²) in [4.78, 5) is 11.7.